The van der Waals surface area contributed by atoms with E-state index in [4.69, 9.17) is 24.5 Å². The van der Waals surface area contributed by atoms with Crippen molar-refractivity contribution in [3.8, 4) is 0 Å². The van der Waals surface area contributed by atoms with Gasteiger partial charge in [-0.2, -0.15) is 30.6 Å². The summed E-state index contributed by atoms with van der Waals surface area (Å²) in [5.74, 6) is -5.51. The molecule has 0 aromatic carbocycles. The molecule has 4 rings (SSSR count). The van der Waals surface area contributed by atoms with Gasteiger partial charge < -0.3 is 14.9 Å². The Labute approximate surface area is 235 Å². The monoisotopic (exact) mass is 635 g/mol. The van der Waals surface area contributed by atoms with Crippen LogP contribution in [0.15, 0.2) is 46.2 Å². The van der Waals surface area contributed by atoms with Crippen LogP contribution in [0.2, 0.25) is 0 Å². The van der Waals surface area contributed by atoms with Crippen LogP contribution in [0.5, 0.6) is 0 Å². The lowest BCUT2D eigenvalue weighted by molar-refractivity contribution is -0.193. The maximum Gasteiger partial charge on any atom is 0.490 e. The number of nitrogens with zero attached hydrogens (tertiary/aromatic N) is 3. The topological polar surface area (TPSA) is 137 Å². The van der Waals surface area contributed by atoms with E-state index in [1.807, 2.05) is 17.8 Å². The number of hydrogen-bond donors (Lipinski definition) is 2. The molecule has 0 saturated carbocycles. The fourth-order valence-electron chi connectivity index (χ4n) is 4.00. The van der Waals surface area contributed by atoms with E-state index in [9.17, 15) is 34.8 Å². The summed E-state index contributed by atoms with van der Waals surface area (Å²) >= 11 is 1.29. The summed E-state index contributed by atoms with van der Waals surface area (Å²) in [7, 11) is -3.35. The van der Waals surface area contributed by atoms with Gasteiger partial charge in [-0.1, -0.05) is 6.07 Å². The van der Waals surface area contributed by atoms with Crippen LogP contribution in [0.3, 0.4) is 0 Å². The van der Waals surface area contributed by atoms with Gasteiger partial charge in [0.25, 0.3) is 10.0 Å². The van der Waals surface area contributed by atoms with Crippen LogP contribution in [0, 0.1) is 5.41 Å². The van der Waals surface area contributed by atoms with Crippen molar-refractivity contribution < 1.29 is 59.3 Å². The predicted molar refractivity (Wildman–Crippen MR) is 132 cm³/mol. The van der Waals surface area contributed by atoms with Crippen LogP contribution >= 0.6 is 11.3 Å². The molecule has 0 atom stereocenters. The van der Waals surface area contributed by atoms with Crippen molar-refractivity contribution in [3.63, 3.8) is 0 Å². The van der Waals surface area contributed by atoms with Crippen molar-refractivity contribution in [2.24, 2.45) is 5.41 Å². The van der Waals surface area contributed by atoms with E-state index in [1.165, 1.54) is 16.9 Å². The van der Waals surface area contributed by atoms with Crippen LogP contribution in [0.4, 0.5) is 26.3 Å². The van der Waals surface area contributed by atoms with Gasteiger partial charge in [-0.05, 0) is 42.0 Å². The van der Waals surface area contributed by atoms with Gasteiger partial charge >= 0.3 is 24.3 Å². The third kappa shape index (κ3) is 10.8. The predicted octanol–water partition coefficient (Wildman–Crippen LogP) is 3.71. The number of sulfonamides is 1. The number of carbonyl (C=O) groups is 2. The van der Waals surface area contributed by atoms with E-state index < -0.39 is 34.3 Å². The van der Waals surface area contributed by atoms with Gasteiger partial charge in [0.05, 0.1) is 13.2 Å². The molecule has 0 aliphatic carbocycles. The molecular formula is C23H27F6N3O7S2. The van der Waals surface area contributed by atoms with Crippen LogP contribution in [0.25, 0.3) is 0 Å². The summed E-state index contributed by atoms with van der Waals surface area (Å²) in [4.78, 5) is 24.3. The Morgan fingerprint density at radius 3 is 1.98 bits per heavy atom. The molecule has 2 N–H and O–H groups in total. The van der Waals surface area contributed by atoms with E-state index in [1.54, 1.807) is 16.4 Å². The van der Waals surface area contributed by atoms with Gasteiger partial charge in [0.2, 0.25) is 0 Å². The lowest BCUT2D eigenvalue weighted by Crippen LogP contribution is -2.48. The molecule has 1 spiro atoms. The number of carboxylic acid groups (broad SMARTS) is 2. The zero-order chi connectivity index (χ0) is 30.9. The van der Waals surface area contributed by atoms with Crippen LogP contribution in [-0.2, 0) is 30.9 Å². The molecule has 2 aliphatic heterocycles. The molecule has 0 unspecified atom stereocenters. The fourth-order valence-corrected chi connectivity index (χ4v) is 6.59. The summed E-state index contributed by atoms with van der Waals surface area (Å²) in [6, 6.07) is 7.58. The zero-order valence-electron chi connectivity index (χ0n) is 21.3. The number of halogens is 6. The molecule has 18 heteroatoms. The number of aliphatic carboxylic acids is 2. The number of hydrogen-bond acceptors (Lipinski definition) is 8. The third-order valence-electron chi connectivity index (χ3n) is 6.03. The van der Waals surface area contributed by atoms with Gasteiger partial charge in [0.15, 0.2) is 0 Å². The third-order valence-corrected chi connectivity index (χ3v) is 9.30. The lowest BCUT2D eigenvalue weighted by Gasteiger charge is -2.42. The summed E-state index contributed by atoms with van der Waals surface area (Å²) in [5, 5.41) is 16.1. The fraction of sp³-hybridized carbons (Fsp3) is 0.522. The maximum absolute atomic E-state index is 12.8. The van der Waals surface area contributed by atoms with E-state index in [0.29, 0.717) is 23.9 Å². The largest absolute Gasteiger partial charge is 0.490 e. The Kier molecular flexibility index (Phi) is 12.1. The molecule has 230 valence electrons. The normalized spacial score (nSPS) is 18.3. The number of ether oxygens (including phenoxy) is 1. The van der Waals surface area contributed by atoms with Gasteiger partial charge in [-0.25, -0.2) is 18.0 Å². The number of carboxylic acids is 2. The number of pyridine rings is 1. The number of alkyl halides is 6. The minimum Gasteiger partial charge on any atom is -0.475 e. The highest BCUT2D eigenvalue weighted by Crippen LogP contribution is 2.37. The van der Waals surface area contributed by atoms with Crippen molar-refractivity contribution in [2.45, 2.75) is 35.9 Å². The van der Waals surface area contributed by atoms with Crippen LogP contribution in [0.1, 0.15) is 18.4 Å². The molecule has 41 heavy (non-hydrogen) atoms. The quantitative estimate of drug-likeness (QED) is 0.482. The van der Waals surface area contributed by atoms with E-state index in [0.717, 1.165) is 39.1 Å². The van der Waals surface area contributed by atoms with Crippen molar-refractivity contribution >= 4 is 33.3 Å². The first-order valence-corrected chi connectivity index (χ1v) is 14.1. The number of thiophene rings is 1. The Hall–Kier alpha value is -2.80. The molecular weight excluding hydrogens is 608 g/mol. The highest BCUT2D eigenvalue weighted by Gasteiger charge is 2.41. The van der Waals surface area contributed by atoms with Crippen LogP contribution < -0.4 is 0 Å². The second-order valence-corrected chi connectivity index (χ2v) is 12.2. The first-order valence-electron chi connectivity index (χ1n) is 11.8. The summed E-state index contributed by atoms with van der Waals surface area (Å²) in [6.45, 7) is 5.30. The van der Waals surface area contributed by atoms with Gasteiger partial charge in [-0.3, -0.25) is 9.88 Å². The SMILES string of the molecule is O=C(O)C(F)(F)F.O=C(O)C(F)(F)F.O=S(=O)(c1cccs1)N1CCC2(CC1)COCCN(Cc1ccncc1)C2. The Morgan fingerprint density at radius 1 is 0.976 bits per heavy atom. The average molecular weight is 636 g/mol. The highest BCUT2D eigenvalue weighted by atomic mass is 32.2. The Morgan fingerprint density at radius 2 is 1.51 bits per heavy atom. The van der Waals surface area contributed by atoms with Crippen molar-refractivity contribution in [1.29, 1.82) is 0 Å². The summed E-state index contributed by atoms with van der Waals surface area (Å²) in [6.07, 6.45) is -4.84. The molecule has 0 radical (unpaired) electrons. The molecule has 2 fully saturated rings. The standard InChI is InChI=1S/C19H25N3O3S2.2C2HF3O2/c23-27(24,18-2-1-13-26-18)22-9-5-19(6-10-22)15-21(11-12-25-16-19)14-17-3-7-20-8-4-17;2*3-2(4,5)1(6)7/h1-4,7-8,13H,5-6,9-12,14-16H2;2*(H,6,7). The summed E-state index contributed by atoms with van der Waals surface area (Å²) in [5.41, 5.74) is 1.28. The summed E-state index contributed by atoms with van der Waals surface area (Å²) < 4.78 is 97.0. The number of aromatic nitrogens is 1. The zero-order valence-corrected chi connectivity index (χ0v) is 22.9. The first kappa shape index (κ1) is 34.4. The minimum absolute atomic E-state index is 0.0327. The molecule has 2 saturated heterocycles. The smallest absolute Gasteiger partial charge is 0.475 e. The molecule has 0 amide bonds. The molecule has 2 aromatic rings. The molecule has 10 nitrogen and oxygen atoms in total. The maximum atomic E-state index is 12.8. The average Bonchev–Trinajstić information content (AvgIpc) is 3.37. The molecule has 4 heterocycles. The van der Waals surface area contributed by atoms with Gasteiger partial charge in [0.1, 0.15) is 4.21 Å². The minimum atomic E-state index is -5.08. The van der Waals surface area contributed by atoms with Crippen LogP contribution in [-0.4, -0.2) is 96.5 Å². The lowest BCUT2D eigenvalue weighted by atomic mass is 9.79. The van der Waals surface area contributed by atoms with Crippen molar-refractivity contribution in [1.82, 2.24) is 14.2 Å². The number of piperidine rings is 1. The number of rotatable bonds is 4. The molecule has 2 aromatic heterocycles. The van der Waals surface area contributed by atoms with Crippen molar-refractivity contribution in [3.05, 3.63) is 47.6 Å². The van der Waals surface area contributed by atoms with E-state index in [-0.39, 0.29) is 5.41 Å². The van der Waals surface area contributed by atoms with E-state index in [2.05, 4.69) is 22.0 Å². The van der Waals surface area contributed by atoms with Gasteiger partial charge in [-0.15, -0.1) is 11.3 Å². The Bertz CT molecular complexity index is 1190. The first-order chi connectivity index (χ1) is 19.0. The second kappa shape index (κ2) is 14.4. The van der Waals surface area contributed by atoms with E-state index >= 15 is 0 Å². The Balaban J connectivity index is 0.000000349. The second-order valence-electron chi connectivity index (χ2n) is 9.06. The molecule has 2 aliphatic rings. The van der Waals surface area contributed by atoms with Crippen molar-refractivity contribution in [2.75, 3.05) is 39.4 Å². The van der Waals surface area contributed by atoms with Gasteiger partial charge in [0, 0.05) is 50.5 Å². The molecule has 0 bridgehead atoms. The highest BCUT2D eigenvalue weighted by molar-refractivity contribution is 7.91.